The molecule has 0 bridgehead atoms. The Morgan fingerprint density at radius 1 is 0.806 bits per heavy atom. The smallest absolute Gasteiger partial charge is 0.263 e. The molecule has 0 aromatic heterocycles. The standard InChI is InChI=1S/C21H17Cl2N3O4S/c1-13(27)24-15-5-4-6-16(12-15)25-21(28)14-9-10-18(23)20(11-14)31(29,30)26-19-8-3-2-7-17(19)22/h2-12,26H,1H3,(H,24,27)(H,25,28). The molecule has 0 heterocycles. The fourth-order valence-corrected chi connectivity index (χ4v) is 4.52. The molecule has 3 N–H and O–H groups in total. The van der Waals surface area contributed by atoms with Crippen molar-refractivity contribution < 1.29 is 18.0 Å². The van der Waals surface area contributed by atoms with Gasteiger partial charge in [0.1, 0.15) is 4.90 Å². The van der Waals surface area contributed by atoms with Gasteiger partial charge in [-0.05, 0) is 48.5 Å². The second-order valence-corrected chi connectivity index (χ2v) is 8.91. The molecule has 0 aliphatic carbocycles. The van der Waals surface area contributed by atoms with Gasteiger partial charge in [-0.3, -0.25) is 14.3 Å². The SMILES string of the molecule is CC(=O)Nc1cccc(NC(=O)c2ccc(Cl)c(S(=O)(=O)Nc3ccccc3Cl)c2)c1. The number of rotatable bonds is 6. The summed E-state index contributed by atoms with van der Waals surface area (Å²) in [6, 6.07) is 16.8. The monoisotopic (exact) mass is 477 g/mol. The highest BCUT2D eigenvalue weighted by Crippen LogP contribution is 2.28. The van der Waals surface area contributed by atoms with Crippen LogP contribution in [0.1, 0.15) is 17.3 Å². The lowest BCUT2D eigenvalue weighted by Gasteiger charge is -2.12. The Kier molecular flexibility index (Phi) is 6.84. The zero-order valence-electron chi connectivity index (χ0n) is 16.1. The number of carbonyl (C=O) groups is 2. The van der Waals surface area contributed by atoms with E-state index in [1.807, 2.05) is 0 Å². The van der Waals surface area contributed by atoms with Crippen LogP contribution in [-0.2, 0) is 14.8 Å². The Balaban J connectivity index is 1.86. The van der Waals surface area contributed by atoms with E-state index in [-0.39, 0.29) is 32.1 Å². The highest BCUT2D eigenvalue weighted by molar-refractivity contribution is 7.92. The van der Waals surface area contributed by atoms with Crippen molar-refractivity contribution in [3.05, 3.63) is 82.3 Å². The molecule has 3 aromatic rings. The van der Waals surface area contributed by atoms with Crippen LogP contribution in [0.5, 0.6) is 0 Å². The van der Waals surface area contributed by atoms with Crippen molar-refractivity contribution in [1.29, 1.82) is 0 Å². The molecule has 0 saturated carbocycles. The van der Waals surface area contributed by atoms with Gasteiger partial charge in [0, 0.05) is 23.9 Å². The van der Waals surface area contributed by atoms with E-state index >= 15 is 0 Å². The molecule has 0 fully saturated rings. The number of carbonyl (C=O) groups excluding carboxylic acids is 2. The first-order valence-corrected chi connectivity index (χ1v) is 11.2. The van der Waals surface area contributed by atoms with Crippen LogP contribution in [-0.4, -0.2) is 20.2 Å². The summed E-state index contributed by atoms with van der Waals surface area (Å²) in [7, 11) is -4.11. The maximum absolute atomic E-state index is 12.8. The predicted octanol–water partition coefficient (Wildman–Crippen LogP) is 5.00. The van der Waals surface area contributed by atoms with Gasteiger partial charge in [0.05, 0.1) is 15.7 Å². The fraction of sp³-hybridized carbons (Fsp3) is 0.0476. The van der Waals surface area contributed by atoms with Gasteiger partial charge in [-0.2, -0.15) is 0 Å². The molecule has 0 spiro atoms. The first-order valence-electron chi connectivity index (χ1n) is 8.91. The quantitative estimate of drug-likeness (QED) is 0.464. The average molecular weight is 478 g/mol. The summed E-state index contributed by atoms with van der Waals surface area (Å²) in [6.07, 6.45) is 0. The Morgan fingerprint density at radius 3 is 2.16 bits per heavy atom. The van der Waals surface area contributed by atoms with E-state index in [0.29, 0.717) is 11.4 Å². The molecule has 7 nitrogen and oxygen atoms in total. The highest BCUT2D eigenvalue weighted by Gasteiger charge is 2.21. The normalized spacial score (nSPS) is 10.9. The fourth-order valence-electron chi connectivity index (χ4n) is 2.68. The number of hydrogen-bond acceptors (Lipinski definition) is 4. The summed E-state index contributed by atoms with van der Waals surface area (Å²) in [6.45, 7) is 1.37. The van der Waals surface area contributed by atoms with E-state index in [4.69, 9.17) is 23.2 Å². The Labute approximate surface area is 189 Å². The first-order chi connectivity index (χ1) is 14.7. The minimum atomic E-state index is -4.11. The molecule has 0 atom stereocenters. The van der Waals surface area contributed by atoms with E-state index in [1.165, 1.54) is 31.2 Å². The summed E-state index contributed by atoms with van der Waals surface area (Å²) < 4.78 is 28.0. The molecule has 31 heavy (non-hydrogen) atoms. The maximum atomic E-state index is 12.8. The summed E-state index contributed by atoms with van der Waals surface area (Å²) in [5.74, 6) is -0.798. The number of benzene rings is 3. The largest absolute Gasteiger partial charge is 0.326 e. The third-order valence-electron chi connectivity index (χ3n) is 4.04. The van der Waals surface area contributed by atoms with Crippen molar-refractivity contribution in [2.45, 2.75) is 11.8 Å². The topological polar surface area (TPSA) is 104 Å². The van der Waals surface area contributed by atoms with Crippen LogP contribution in [0.25, 0.3) is 0 Å². The molecule has 160 valence electrons. The van der Waals surface area contributed by atoms with Gasteiger partial charge < -0.3 is 10.6 Å². The van der Waals surface area contributed by atoms with Crippen LogP contribution in [0, 0.1) is 0 Å². The van der Waals surface area contributed by atoms with Gasteiger partial charge >= 0.3 is 0 Å². The molecule has 3 aromatic carbocycles. The molecule has 0 radical (unpaired) electrons. The first kappa shape index (κ1) is 22.6. The third-order valence-corrected chi connectivity index (χ3v) is 6.22. The van der Waals surface area contributed by atoms with Crippen LogP contribution in [0.15, 0.2) is 71.6 Å². The predicted molar refractivity (Wildman–Crippen MR) is 122 cm³/mol. The van der Waals surface area contributed by atoms with Crippen molar-refractivity contribution in [2.24, 2.45) is 0 Å². The second kappa shape index (κ2) is 9.38. The number of para-hydroxylation sites is 1. The summed E-state index contributed by atoms with van der Waals surface area (Å²) in [5.41, 5.74) is 1.19. The minimum absolute atomic E-state index is 0.0521. The molecule has 0 aliphatic heterocycles. The maximum Gasteiger partial charge on any atom is 0.263 e. The number of amides is 2. The van der Waals surface area contributed by atoms with Crippen molar-refractivity contribution in [3.63, 3.8) is 0 Å². The van der Waals surface area contributed by atoms with E-state index in [0.717, 1.165) is 0 Å². The number of hydrogen-bond donors (Lipinski definition) is 3. The summed E-state index contributed by atoms with van der Waals surface area (Å²) in [5, 5.41) is 5.44. The Morgan fingerprint density at radius 2 is 1.48 bits per heavy atom. The van der Waals surface area contributed by atoms with Gasteiger partial charge in [-0.1, -0.05) is 41.4 Å². The van der Waals surface area contributed by atoms with Gasteiger partial charge in [-0.25, -0.2) is 8.42 Å². The number of halogens is 2. The van der Waals surface area contributed by atoms with E-state index in [1.54, 1.807) is 42.5 Å². The molecule has 2 amide bonds. The van der Waals surface area contributed by atoms with Crippen LogP contribution in [0.4, 0.5) is 17.1 Å². The Bertz CT molecular complexity index is 1260. The second-order valence-electron chi connectivity index (χ2n) is 6.45. The van der Waals surface area contributed by atoms with Gasteiger partial charge in [0.25, 0.3) is 15.9 Å². The van der Waals surface area contributed by atoms with E-state index in [2.05, 4.69) is 15.4 Å². The molecular formula is C21H17Cl2N3O4S. The molecule has 0 saturated heterocycles. The molecule has 3 rings (SSSR count). The molecular weight excluding hydrogens is 461 g/mol. The van der Waals surface area contributed by atoms with E-state index in [9.17, 15) is 18.0 Å². The van der Waals surface area contributed by atoms with Gasteiger partial charge in [-0.15, -0.1) is 0 Å². The zero-order valence-corrected chi connectivity index (χ0v) is 18.5. The van der Waals surface area contributed by atoms with Crippen LogP contribution >= 0.6 is 23.2 Å². The van der Waals surface area contributed by atoms with Gasteiger partial charge in [0.15, 0.2) is 0 Å². The lowest BCUT2D eigenvalue weighted by Crippen LogP contribution is -2.17. The van der Waals surface area contributed by atoms with Crippen molar-refractivity contribution in [2.75, 3.05) is 15.4 Å². The summed E-state index contributed by atoms with van der Waals surface area (Å²) in [4.78, 5) is 23.6. The molecule has 0 unspecified atom stereocenters. The number of sulfonamides is 1. The van der Waals surface area contributed by atoms with Crippen molar-refractivity contribution in [1.82, 2.24) is 0 Å². The Hall–Kier alpha value is -3.07. The average Bonchev–Trinajstić information content (AvgIpc) is 2.69. The van der Waals surface area contributed by atoms with E-state index < -0.39 is 15.9 Å². The van der Waals surface area contributed by atoms with Crippen LogP contribution < -0.4 is 15.4 Å². The summed E-state index contributed by atoms with van der Waals surface area (Å²) >= 11 is 12.1. The highest BCUT2D eigenvalue weighted by atomic mass is 35.5. The van der Waals surface area contributed by atoms with Crippen LogP contribution in [0.2, 0.25) is 10.0 Å². The van der Waals surface area contributed by atoms with Gasteiger partial charge in [0.2, 0.25) is 5.91 Å². The van der Waals surface area contributed by atoms with Crippen LogP contribution in [0.3, 0.4) is 0 Å². The zero-order chi connectivity index (χ0) is 22.6. The molecule has 10 heteroatoms. The lowest BCUT2D eigenvalue weighted by molar-refractivity contribution is -0.114. The minimum Gasteiger partial charge on any atom is -0.326 e. The van der Waals surface area contributed by atoms with Crippen molar-refractivity contribution in [3.8, 4) is 0 Å². The third kappa shape index (κ3) is 5.75. The van der Waals surface area contributed by atoms with Crippen molar-refractivity contribution >= 4 is 62.1 Å². The lowest BCUT2D eigenvalue weighted by atomic mass is 10.2. The molecule has 0 aliphatic rings. The number of anilines is 3. The number of nitrogens with one attached hydrogen (secondary N) is 3.